The summed E-state index contributed by atoms with van der Waals surface area (Å²) in [7, 11) is 3.13. The van der Waals surface area contributed by atoms with Crippen molar-refractivity contribution < 1.29 is 38.0 Å². The quantitative estimate of drug-likeness (QED) is 0.175. The highest BCUT2D eigenvalue weighted by molar-refractivity contribution is 5.95. The number of carbonyl (C=O) groups excluding carboxylic acids is 2. The van der Waals surface area contributed by atoms with Crippen LogP contribution in [-0.2, 0) is 9.47 Å². The minimum Gasteiger partial charge on any atom is -0.497 e. The second-order valence-electron chi connectivity index (χ2n) is 9.71. The molecule has 5 rings (SSSR count). The van der Waals surface area contributed by atoms with Gasteiger partial charge in [-0.05, 0) is 108 Å². The Morgan fingerprint density at radius 2 is 0.935 bits per heavy atom. The predicted octanol–water partition coefficient (Wildman–Crippen LogP) is 4.39. The monoisotopic (exact) mass is 624 g/mol. The molecule has 2 unspecified atom stereocenters. The minimum atomic E-state index is -0.813. The van der Waals surface area contributed by atoms with Crippen LogP contribution in [0.2, 0.25) is 0 Å². The Bertz CT molecular complexity index is 1520. The zero-order valence-electron chi connectivity index (χ0n) is 25.1. The molecule has 1 fully saturated rings. The van der Waals surface area contributed by atoms with Crippen LogP contribution in [0.3, 0.4) is 0 Å². The van der Waals surface area contributed by atoms with E-state index in [0.29, 0.717) is 47.3 Å². The third-order valence-corrected chi connectivity index (χ3v) is 6.60. The molecule has 0 radical (unpaired) electrons. The fourth-order valence-electron chi connectivity index (χ4n) is 4.14. The number of benzene rings is 4. The molecule has 236 valence electrons. The summed E-state index contributed by atoms with van der Waals surface area (Å²) in [5.74, 6) is 1.72. The van der Waals surface area contributed by atoms with Crippen LogP contribution in [0.15, 0.2) is 107 Å². The first kappa shape index (κ1) is 31.7. The average Bonchev–Trinajstić information content (AvgIpc) is 3.10. The minimum absolute atomic E-state index is 0.337. The number of amides is 2. The lowest BCUT2D eigenvalue weighted by atomic mass is 10.2. The van der Waals surface area contributed by atoms with Crippen LogP contribution in [0.25, 0.3) is 0 Å². The van der Waals surface area contributed by atoms with E-state index in [0.717, 1.165) is 11.1 Å². The maximum absolute atomic E-state index is 12.3. The van der Waals surface area contributed by atoms with Crippen LogP contribution >= 0.6 is 0 Å². The Kier molecular flexibility index (Phi) is 10.9. The van der Waals surface area contributed by atoms with E-state index in [2.05, 4.69) is 21.1 Å². The number of methoxy groups -OCH3 is 2. The van der Waals surface area contributed by atoms with Crippen LogP contribution < -0.4 is 29.8 Å². The summed E-state index contributed by atoms with van der Waals surface area (Å²) >= 11 is 0. The molecule has 1 saturated heterocycles. The topological polar surface area (TPSA) is 138 Å². The SMILES string of the molecule is COc1ccc(C(=O)NN=Cc2ccc(OC3OCCOC3Oc3ccc(C=NNC(=O)c4ccc(OC)cc4)cc3)cc2)cc1. The van der Waals surface area contributed by atoms with Gasteiger partial charge in [-0.3, -0.25) is 9.59 Å². The first-order valence-electron chi connectivity index (χ1n) is 14.2. The van der Waals surface area contributed by atoms with Gasteiger partial charge in [0.05, 0.1) is 39.9 Å². The molecule has 0 saturated carbocycles. The number of hydrazone groups is 2. The Morgan fingerprint density at radius 1 is 0.587 bits per heavy atom. The van der Waals surface area contributed by atoms with Gasteiger partial charge >= 0.3 is 0 Å². The first-order valence-corrected chi connectivity index (χ1v) is 14.2. The summed E-state index contributed by atoms with van der Waals surface area (Å²) in [6.07, 6.45) is 1.43. The van der Waals surface area contributed by atoms with Gasteiger partial charge in [-0.15, -0.1) is 0 Å². The van der Waals surface area contributed by atoms with E-state index >= 15 is 0 Å². The molecule has 1 heterocycles. The molecule has 0 spiro atoms. The molecule has 0 bridgehead atoms. The number of rotatable bonds is 12. The lowest BCUT2D eigenvalue weighted by Gasteiger charge is -2.31. The molecule has 0 aromatic heterocycles. The van der Waals surface area contributed by atoms with E-state index in [1.807, 2.05) is 0 Å². The van der Waals surface area contributed by atoms with Crippen LogP contribution in [0.1, 0.15) is 31.8 Å². The summed E-state index contributed by atoms with van der Waals surface area (Å²) < 4.78 is 33.7. The molecule has 2 amide bonds. The highest BCUT2D eigenvalue weighted by Crippen LogP contribution is 2.22. The number of ether oxygens (including phenoxy) is 6. The summed E-state index contributed by atoms with van der Waals surface area (Å²) in [5.41, 5.74) is 7.42. The third-order valence-electron chi connectivity index (χ3n) is 6.60. The highest BCUT2D eigenvalue weighted by atomic mass is 16.8. The molecule has 2 N–H and O–H groups in total. The molecule has 0 aliphatic carbocycles. The van der Waals surface area contributed by atoms with E-state index < -0.39 is 12.6 Å². The summed E-state index contributed by atoms with van der Waals surface area (Å²) in [6, 6.07) is 27.6. The van der Waals surface area contributed by atoms with E-state index in [4.69, 9.17) is 28.4 Å². The molecule has 2 atom stereocenters. The van der Waals surface area contributed by atoms with Crippen molar-refractivity contribution in [2.75, 3.05) is 27.4 Å². The fourth-order valence-corrected chi connectivity index (χ4v) is 4.14. The van der Waals surface area contributed by atoms with Crippen LogP contribution in [0, 0.1) is 0 Å². The van der Waals surface area contributed by atoms with Crippen molar-refractivity contribution in [1.29, 1.82) is 0 Å². The van der Waals surface area contributed by atoms with Gasteiger partial charge in [-0.1, -0.05) is 0 Å². The van der Waals surface area contributed by atoms with Gasteiger partial charge in [0, 0.05) is 11.1 Å². The number of nitrogens with one attached hydrogen (secondary N) is 2. The van der Waals surface area contributed by atoms with Crippen molar-refractivity contribution in [1.82, 2.24) is 10.9 Å². The van der Waals surface area contributed by atoms with Crippen molar-refractivity contribution in [3.63, 3.8) is 0 Å². The molecule has 4 aromatic rings. The highest BCUT2D eigenvalue weighted by Gasteiger charge is 2.31. The van der Waals surface area contributed by atoms with Gasteiger partial charge in [0.2, 0.25) is 0 Å². The molecule has 12 heteroatoms. The molecule has 12 nitrogen and oxygen atoms in total. The number of nitrogens with zero attached hydrogens (tertiary/aromatic N) is 2. The Labute approximate surface area is 265 Å². The average molecular weight is 625 g/mol. The third kappa shape index (κ3) is 8.91. The zero-order chi connectivity index (χ0) is 32.1. The molecule has 1 aliphatic heterocycles. The van der Waals surface area contributed by atoms with E-state index in [1.165, 1.54) is 12.4 Å². The van der Waals surface area contributed by atoms with Gasteiger partial charge in [-0.2, -0.15) is 10.2 Å². The Balaban J connectivity index is 1.10. The largest absolute Gasteiger partial charge is 0.497 e. The lowest BCUT2D eigenvalue weighted by molar-refractivity contribution is -0.271. The van der Waals surface area contributed by atoms with Gasteiger partial charge in [0.1, 0.15) is 23.0 Å². The van der Waals surface area contributed by atoms with Gasteiger partial charge < -0.3 is 28.4 Å². The van der Waals surface area contributed by atoms with E-state index in [9.17, 15) is 9.59 Å². The first-order chi connectivity index (χ1) is 22.5. The Hall–Kier alpha value is -5.72. The Morgan fingerprint density at radius 3 is 1.28 bits per heavy atom. The molecule has 4 aromatic carbocycles. The predicted molar refractivity (Wildman–Crippen MR) is 170 cm³/mol. The maximum atomic E-state index is 12.3. The molecule has 46 heavy (non-hydrogen) atoms. The number of carbonyl (C=O) groups is 2. The van der Waals surface area contributed by atoms with Crippen molar-refractivity contribution in [3.8, 4) is 23.0 Å². The van der Waals surface area contributed by atoms with E-state index in [1.54, 1.807) is 111 Å². The zero-order valence-corrected chi connectivity index (χ0v) is 25.1. The smallest absolute Gasteiger partial charge is 0.271 e. The van der Waals surface area contributed by atoms with Gasteiger partial charge in [0.15, 0.2) is 0 Å². The fraction of sp³-hybridized carbons (Fsp3) is 0.176. The van der Waals surface area contributed by atoms with E-state index in [-0.39, 0.29) is 11.8 Å². The second kappa shape index (κ2) is 15.8. The molecule has 1 aliphatic rings. The summed E-state index contributed by atoms with van der Waals surface area (Å²) in [4.78, 5) is 24.5. The van der Waals surface area contributed by atoms with Crippen LogP contribution in [-0.4, -0.2) is 64.3 Å². The van der Waals surface area contributed by atoms with Crippen molar-refractivity contribution >= 4 is 24.2 Å². The van der Waals surface area contributed by atoms with Crippen molar-refractivity contribution in [2.45, 2.75) is 12.6 Å². The van der Waals surface area contributed by atoms with Crippen LogP contribution in [0.4, 0.5) is 0 Å². The second-order valence-corrected chi connectivity index (χ2v) is 9.71. The number of hydrogen-bond donors (Lipinski definition) is 2. The van der Waals surface area contributed by atoms with Gasteiger partial charge in [-0.25, -0.2) is 10.9 Å². The summed E-state index contributed by atoms with van der Waals surface area (Å²) in [5, 5.41) is 8.04. The lowest BCUT2D eigenvalue weighted by Crippen LogP contribution is -2.45. The maximum Gasteiger partial charge on any atom is 0.271 e. The summed E-state index contributed by atoms with van der Waals surface area (Å²) in [6.45, 7) is 0.696. The molecular weight excluding hydrogens is 592 g/mol. The number of hydrogen-bond acceptors (Lipinski definition) is 10. The van der Waals surface area contributed by atoms with Crippen molar-refractivity contribution in [2.24, 2.45) is 10.2 Å². The van der Waals surface area contributed by atoms with Gasteiger partial charge in [0.25, 0.3) is 24.4 Å². The normalized spacial score (nSPS) is 16.1. The van der Waals surface area contributed by atoms with Crippen LogP contribution in [0.5, 0.6) is 23.0 Å². The molecular formula is C34H32N4O8. The van der Waals surface area contributed by atoms with Crippen molar-refractivity contribution in [3.05, 3.63) is 119 Å². The standard InChI is InChI=1S/C34H32N4O8/c1-41-27-15-7-25(8-16-27)31(39)37-35-21-23-3-11-29(12-4-23)45-33-34(44-20-19-43-33)46-30-13-5-24(6-14-30)22-36-38-32(40)26-9-17-28(42-2)18-10-26/h3-18,21-22,33-34H,19-20H2,1-2H3,(H,37,39)(H,38,40).